The van der Waals surface area contributed by atoms with Crippen LogP contribution in [-0.2, 0) is 9.53 Å². The van der Waals surface area contributed by atoms with Gasteiger partial charge in [-0.1, -0.05) is 30.2 Å². The first-order valence-electron chi connectivity index (χ1n) is 7.78. The van der Waals surface area contributed by atoms with Crippen molar-refractivity contribution in [1.82, 2.24) is 5.32 Å². The van der Waals surface area contributed by atoms with Crippen molar-refractivity contribution in [2.75, 3.05) is 6.61 Å². The molecule has 1 aliphatic rings. The van der Waals surface area contributed by atoms with E-state index in [9.17, 15) is 4.79 Å². The molecule has 0 aromatic heterocycles. The minimum absolute atomic E-state index is 0.0388. The lowest BCUT2D eigenvalue weighted by atomic mass is 9.85. The van der Waals surface area contributed by atoms with E-state index in [0.717, 1.165) is 30.7 Å². The van der Waals surface area contributed by atoms with Crippen LogP contribution < -0.4 is 5.32 Å². The molecule has 0 amide bonds. The molecule has 1 fully saturated rings. The maximum absolute atomic E-state index is 11.9. The second kappa shape index (κ2) is 7.81. The second-order valence-electron chi connectivity index (χ2n) is 5.75. The van der Waals surface area contributed by atoms with E-state index >= 15 is 0 Å². The first-order chi connectivity index (χ1) is 10.1. The van der Waals surface area contributed by atoms with Gasteiger partial charge < -0.3 is 10.1 Å². The van der Waals surface area contributed by atoms with Gasteiger partial charge in [-0.25, -0.2) is 0 Å². The summed E-state index contributed by atoms with van der Waals surface area (Å²) in [5, 5.41) is 4.39. The van der Waals surface area contributed by atoms with Crippen molar-refractivity contribution in [2.24, 2.45) is 5.92 Å². The number of carbonyl (C=O) groups is 1. The van der Waals surface area contributed by atoms with Gasteiger partial charge in [-0.05, 0) is 50.8 Å². The van der Waals surface area contributed by atoms with Gasteiger partial charge >= 0.3 is 5.97 Å². The highest BCUT2D eigenvalue weighted by Gasteiger charge is 2.28. The van der Waals surface area contributed by atoms with Crippen LogP contribution in [0.3, 0.4) is 0 Å². The molecular weight excluding hydrogens is 286 g/mol. The normalized spacial score (nSPS) is 23.6. The molecule has 1 saturated carbocycles. The molecule has 1 aliphatic carbocycles. The van der Waals surface area contributed by atoms with Crippen molar-refractivity contribution in [1.29, 1.82) is 0 Å². The van der Waals surface area contributed by atoms with Gasteiger partial charge in [0.1, 0.15) is 0 Å². The fourth-order valence-corrected chi connectivity index (χ4v) is 3.14. The molecule has 3 unspecified atom stereocenters. The van der Waals surface area contributed by atoms with Crippen LogP contribution in [0.5, 0.6) is 0 Å². The number of rotatable bonds is 5. The highest BCUT2D eigenvalue weighted by atomic mass is 35.5. The van der Waals surface area contributed by atoms with Crippen molar-refractivity contribution in [3.63, 3.8) is 0 Å². The summed E-state index contributed by atoms with van der Waals surface area (Å²) in [7, 11) is 0. The van der Waals surface area contributed by atoms with Crippen molar-refractivity contribution in [3.8, 4) is 0 Å². The molecule has 0 spiro atoms. The summed E-state index contributed by atoms with van der Waals surface area (Å²) >= 11 is 5.92. The Labute approximate surface area is 132 Å². The van der Waals surface area contributed by atoms with Gasteiger partial charge in [0.05, 0.1) is 12.5 Å². The fourth-order valence-electron chi connectivity index (χ4n) is 3.02. The zero-order valence-electron chi connectivity index (χ0n) is 12.8. The molecule has 0 bridgehead atoms. The lowest BCUT2D eigenvalue weighted by molar-refractivity contribution is -0.149. The third kappa shape index (κ3) is 4.72. The van der Waals surface area contributed by atoms with Gasteiger partial charge in [0, 0.05) is 17.1 Å². The van der Waals surface area contributed by atoms with Crippen LogP contribution in [0.15, 0.2) is 24.3 Å². The molecule has 0 radical (unpaired) electrons. The maximum Gasteiger partial charge on any atom is 0.308 e. The number of esters is 1. The molecule has 21 heavy (non-hydrogen) atoms. The Kier molecular flexibility index (Phi) is 6.07. The van der Waals surface area contributed by atoms with E-state index in [2.05, 4.69) is 12.2 Å². The molecular formula is C17H24ClNO2. The van der Waals surface area contributed by atoms with Crippen molar-refractivity contribution >= 4 is 17.6 Å². The molecule has 3 atom stereocenters. The summed E-state index contributed by atoms with van der Waals surface area (Å²) in [6, 6.07) is 8.55. The zero-order valence-corrected chi connectivity index (χ0v) is 13.5. The summed E-state index contributed by atoms with van der Waals surface area (Å²) in [5.74, 6) is 0.0109. The van der Waals surface area contributed by atoms with Crippen LogP contribution in [0.1, 0.15) is 51.1 Å². The van der Waals surface area contributed by atoms with E-state index in [1.807, 2.05) is 31.2 Å². The maximum atomic E-state index is 11.9. The highest BCUT2D eigenvalue weighted by Crippen LogP contribution is 2.27. The Bertz CT molecular complexity index is 460. The lowest BCUT2D eigenvalue weighted by Gasteiger charge is -2.31. The average Bonchev–Trinajstić information content (AvgIpc) is 2.48. The third-order valence-corrected chi connectivity index (χ3v) is 4.40. The predicted octanol–water partition coefficient (Wildman–Crippen LogP) is 4.11. The van der Waals surface area contributed by atoms with E-state index in [0.29, 0.717) is 12.6 Å². The third-order valence-electron chi connectivity index (χ3n) is 4.15. The molecule has 1 aromatic rings. The molecule has 1 N–H and O–H groups in total. The number of benzene rings is 1. The van der Waals surface area contributed by atoms with Crippen molar-refractivity contribution in [2.45, 2.75) is 51.6 Å². The standard InChI is InChI=1S/C17H24ClNO2/c1-3-21-17(20)14-5-4-6-16(11-14)19-12(2)13-7-9-15(18)10-8-13/h7-10,12,14,16,19H,3-6,11H2,1-2H3. The fraction of sp³-hybridized carbons (Fsp3) is 0.588. The van der Waals surface area contributed by atoms with Gasteiger partial charge in [-0.15, -0.1) is 0 Å². The zero-order chi connectivity index (χ0) is 15.2. The summed E-state index contributed by atoms with van der Waals surface area (Å²) in [5.41, 5.74) is 1.22. The Morgan fingerprint density at radius 2 is 2.10 bits per heavy atom. The number of carbonyl (C=O) groups excluding carboxylic acids is 1. The Balaban J connectivity index is 1.89. The molecule has 0 saturated heterocycles. The Morgan fingerprint density at radius 1 is 1.38 bits per heavy atom. The summed E-state index contributed by atoms with van der Waals surface area (Å²) in [4.78, 5) is 11.9. The number of halogens is 1. The Morgan fingerprint density at radius 3 is 2.76 bits per heavy atom. The summed E-state index contributed by atoms with van der Waals surface area (Å²) < 4.78 is 5.15. The minimum atomic E-state index is -0.0388. The number of hydrogen-bond donors (Lipinski definition) is 1. The van der Waals surface area contributed by atoms with Crippen LogP contribution >= 0.6 is 11.6 Å². The molecule has 3 nitrogen and oxygen atoms in total. The quantitative estimate of drug-likeness (QED) is 0.832. The van der Waals surface area contributed by atoms with Crippen LogP contribution in [0.2, 0.25) is 5.02 Å². The van der Waals surface area contributed by atoms with E-state index in [1.165, 1.54) is 5.56 Å². The van der Waals surface area contributed by atoms with E-state index < -0.39 is 0 Å². The number of ether oxygens (including phenoxy) is 1. The van der Waals surface area contributed by atoms with Crippen LogP contribution in [0, 0.1) is 5.92 Å². The molecule has 0 heterocycles. The van der Waals surface area contributed by atoms with Crippen LogP contribution in [-0.4, -0.2) is 18.6 Å². The van der Waals surface area contributed by atoms with Gasteiger partial charge in [0.25, 0.3) is 0 Å². The topological polar surface area (TPSA) is 38.3 Å². The second-order valence-corrected chi connectivity index (χ2v) is 6.19. The van der Waals surface area contributed by atoms with E-state index in [1.54, 1.807) is 0 Å². The minimum Gasteiger partial charge on any atom is -0.466 e. The Hall–Kier alpha value is -1.06. The highest BCUT2D eigenvalue weighted by molar-refractivity contribution is 6.30. The van der Waals surface area contributed by atoms with Crippen LogP contribution in [0.25, 0.3) is 0 Å². The SMILES string of the molecule is CCOC(=O)C1CCCC(NC(C)c2ccc(Cl)cc2)C1. The van der Waals surface area contributed by atoms with Gasteiger partial charge in [0.2, 0.25) is 0 Å². The number of hydrogen-bond acceptors (Lipinski definition) is 3. The van der Waals surface area contributed by atoms with Crippen molar-refractivity contribution in [3.05, 3.63) is 34.9 Å². The monoisotopic (exact) mass is 309 g/mol. The molecule has 116 valence electrons. The smallest absolute Gasteiger partial charge is 0.308 e. The van der Waals surface area contributed by atoms with E-state index in [4.69, 9.17) is 16.3 Å². The largest absolute Gasteiger partial charge is 0.466 e. The van der Waals surface area contributed by atoms with E-state index in [-0.39, 0.29) is 17.9 Å². The summed E-state index contributed by atoms with van der Waals surface area (Å²) in [6.45, 7) is 4.48. The first-order valence-corrected chi connectivity index (χ1v) is 8.16. The molecule has 4 heteroatoms. The predicted molar refractivity (Wildman–Crippen MR) is 85.4 cm³/mol. The molecule has 0 aliphatic heterocycles. The van der Waals surface area contributed by atoms with Gasteiger partial charge in [-0.2, -0.15) is 0 Å². The van der Waals surface area contributed by atoms with Gasteiger partial charge in [0.15, 0.2) is 0 Å². The molecule has 1 aromatic carbocycles. The van der Waals surface area contributed by atoms with Crippen LogP contribution in [0.4, 0.5) is 0 Å². The summed E-state index contributed by atoms with van der Waals surface area (Å²) in [6.07, 6.45) is 4.02. The average molecular weight is 310 g/mol. The number of nitrogens with one attached hydrogen (secondary N) is 1. The molecule has 2 rings (SSSR count). The first kappa shape index (κ1) is 16.3. The van der Waals surface area contributed by atoms with Gasteiger partial charge in [-0.3, -0.25) is 4.79 Å². The lowest BCUT2D eigenvalue weighted by Crippen LogP contribution is -2.38. The van der Waals surface area contributed by atoms with Crippen molar-refractivity contribution < 1.29 is 9.53 Å².